The van der Waals surface area contributed by atoms with Crippen LogP contribution in [0.4, 0.5) is 18.9 Å². The lowest BCUT2D eigenvalue weighted by molar-refractivity contribution is -0.151. The molecule has 0 spiro atoms. The molecule has 2 amide bonds. The number of alkyl halides is 3. The Hall–Kier alpha value is -3.56. The van der Waals surface area contributed by atoms with Crippen molar-refractivity contribution in [2.75, 3.05) is 44.2 Å². The van der Waals surface area contributed by atoms with E-state index in [-0.39, 0.29) is 19.6 Å². The highest BCUT2D eigenvalue weighted by atomic mass is 19.4. The Bertz CT molecular complexity index is 958. The molecule has 7 nitrogen and oxygen atoms in total. The van der Waals surface area contributed by atoms with Crippen LogP contribution in [0.3, 0.4) is 0 Å². The van der Waals surface area contributed by atoms with E-state index in [0.29, 0.717) is 24.3 Å². The van der Waals surface area contributed by atoms with E-state index < -0.39 is 36.1 Å². The van der Waals surface area contributed by atoms with Gasteiger partial charge in [-0.15, -0.1) is 0 Å². The van der Waals surface area contributed by atoms with Crippen molar-refractivity contribution in [1.82, 2.24) is 10.2 Å². The largest absolute Gasteiger partial charge is 0.454 e. The first-order valence-corrected chi connectivity index (χ1v) is 9.93. The summed E-state index contributed by atoms with van der Waals surface area (Å²) >= 11 is 0. The number of benzene rings is 2. The molecule has 10 heteroatoms. The molecule has 0 saturated carbocycles. The molecule has 1 N–H and O–H groups in total. The predicted octanol–water partition coefficient (Wildman–Crippen LogP) is 2.33. The molecule has 1 saturated heterocycles. The van der Waals surface area contributed by atoms with E-state index in [2.05, 4.69) is 5.32 Å². The van der Waals surface area contributed by atoms with Gasteiger partial charge in [0, 0.05) is 37.4 Å². The minimum Gasteiger partial charge on any atom is -0.454 e. The number of anilines is 1. The van der Waals surface area contributed by atoms with Crippen LogP contribution in [-0.4, -0.2) is 62.0 Å². The number of nitrogens with one attached hydrogen (secondary N) is 1. The molecule has 170 valence electrons. The Morgan fingerprint density at radius 2 is 1.62 bits per heavy atom. The maximum absolute atomic E-state index is 12.9. The molecule has 0 atom stereocenters. The fraction of sp³-hybridized carbons (Fsp3) is 0.318. The van der Waals surface area contributed by atoms with Gasteiger partial charge >= 0.3 is 12.1 Å². The standard InChI is InChI=1S/C22H22F3N3O4/c23-22(24,25)17-7-4-8-18(13-17)27-9-11-28(12-10-27)19(29)15-32-20(30)14-26-21(31)16-5-2-1-3-6-16/h1-8,13H,9-12,14-15H2,(H,26,31). The van der Waals surface area contributed by atoms with Crippen LogP contribution in [0.1, 0.15) is 15.9 Å². The number of rotatable bonds is 6. The Morgan fingerprint density at radius 1 is 0.938 bits per heavy atom. The van der Waals surface area contributed by atoms with Crippen molar-refractivity contribution in [3.05, 3.63) is 65.7 Å². The lowest BCUT2D eigenvalue weighted by Crippen LogP contribution is -2.50. The van der Waals surface area contributed by atoms with E-state index in [4.69, 9.17) is 4.74 Å². The zero-order valence-corrected chi connectivity index (χ0v) is 17.1. The zero-order chi connectivity index (χ0) is 23.1. The van der Waals surface area contributed by atoms with Crippen LogP contribution in [0.5, 0.6) is 0 Å². The molecule has 0 aliphatic carbocycles. The molecule has 1 heterocycles. The topological polar surface area (TPSA) is 78.9 Å². The second-order valence-corrected chi connectivity index (χ2v) is 7.13. The fourth-order valence-electron chi connectivity index (χ4n) is 3.22. The predicted molar refractivity (Wildman–Crippen MR) is 110 cm³/mol. The average Bonchev–Trinajstić information content (AvgIpc) is 2.81. The van der Waals surface area contributed by atoms with Gasteiger partial charge < -0.3 is 19.9 Å². The summed E-state index contributed by atoms with van der Waals surface area (Å²) in [7, 11) is 0. The highest BCUT2D eigenvalue weighted by Crippen LogP contribution is 2.31. The molecule has 1 aliphatic heterocycles. The maximum atomic E-state index is 12.9. The van der Waals surface area contributed by atoms with Crippen molar-refractivity contribution in [3.8, 4) is 0 Å². The summed E-state index contributed by atoms with van der Waals surface area (Å²) in [5, 5.41) is 2.42. The Kier molecular flexibility index (Phi) is 7.34. The molecule has 2 aromatic rings. The zero-order valence-electron chi connectivity index (χ0n) is 17.1. The van der Waals surface area contributed by atoms with Gasteiger partial charge in [0.15, 0.2) is 6.61 Å². The number of hydrogen-bond donors (Lipinski definition) is 1. The monoisotopic (exact) mass is 449 g/mol. The molecule has 0 bridgehead atoms. The van der Waals surface area contributed by atoms with Gasteiger partial charge in [0.05, 0.1) is 5.56 Å². The molecule has 0 unspecified atom stereocenters. The first-order valence-electron chi connectivity index (χ1n) is 9.93. The van der Waals surface area contributed by atoms with E-state index >= 15 is 0 Å². The van der Waals surface area contributed by atoms with E-state index in [1.165, 1.54) is 11.0 Å². The summed E-state index contributed by atoms with van der Waals surface area (Å²) in [5.41, 5.74) is 0.113. The molecule has 32 heavy (non-hydrogen) atoms. The van der Waals surface area contributed by atoms with Gasteiger partial charge in [-0.05, 0) is 30.3 Å². The van der Waals surface area contributed by atoms with Gasteiger partial charge in [-0.3, -0.25) is 14.4 Å². The number of esters is 1. The molecule has 0 aromatic heterocycles. The summed E-state index contributed by atoms with van der Waals surface area (Å²) in [6.07, 6.45) is -4.42. The summed E-state index contributed by atoms with van der Waals surface area (Å²) in [4.78, 5) is 39.2. The SMILES string of the molecule is O=C(CNC(=O)c1ccccc1)OCC(=O)N1CCN(c2cccc(C(F)(F)F)c2)CC1. The minimum absolute atomic E-state index is 0.289. The number of piperazine rings is 1. The second-order valence-electron chi connectivity index (χ2n) is 7.13. The summed E-state index contributed by atoms with van der Waals surface area (Å²) in [6.45, 7) is 0.449. The summed E-state index contributed by atoms with van der Waals surface area (Å²) < 4.78 is 43.6. The Morgan fingerprint density at radius 3 is 2.28 bits per heavy atom. The highest BCUT2D eigenvalue weighted by molar-refractivity contribution is 5.96. The number of ether oxygens (including phenoxy) is 1. The van der Waals surface area contributed by atoms with Crippen LogP contribution >= 0.6 is 0 Å². The van der Waals surface area contributed by atoms with Crippen LogP contribution in [0, 0.1) is 0 Å². The lowest BCUT2D eigenvalue weighted by atomic mass is 10.1. The summed E-state index contributed by atoms with van der Waals surface area (Å²) in [5.74, 6) is -1.58. The van der Waals surface area contributed by atoms with Crippen molar-refractivity contribution in [2.24, 2.45) is 0 Å². The molecular weight excluding hydrogens is 427 g/mol. The third-order valence-electron chi connectivity index (χ3n) is 4.96. The Balaban J connectivity index is 1.41. The number of halogens is 3. The molecule has 2 aromatic carbocycles. The smallest absolute Gasteiger partial charge is 0.416 e. The van der Waals surface area contributed by atoms with Crippen molar-refractivity contribution in [2.45, 2.75) is 6.18 Å². The number of carbonyl (C=O) groups excluding carboxylic acids is 3. The number of amides is 2. The van der Waals surface area contributed by atoms with Crippen LogP contribution in [0.15, 0.2) is 54.6 Å². The summed E-state index contributed by atoms with van der Waals surface area (Å²) in [6, 6.07) is 13.4. The second kappa shape index (κ2) is 10.2. The molecule has 1 aliphatic rings. The average molecular weight is 449 g/mol. The van der Waals surface area contributed by atoms with Crippen LogP contribution in [-0.2, 0) is 20.5 Å². The lowest BCUT2D eigenvalue weighted by Gasteiger charge is -2.36. The van der Waals surface area contributed by atoms with Crippen molar-refractivity contribution < 1.29 is 32.3 Å². The van der Waals surface area contributed by atoms with Gasteiger partial charge in [0.2, 0.25) is 0 Å². The molecule has 0 radical (unpaired) electrons. The van der Waals surface area contributed by atoms with Gasteiger partial charge in [0.1, 0.15) is 6.54 Å². The van der Waals surface area contributed by atoms with E-state index in [9.17, 15) is 27.6 Å². The molecular formula is C22H22F3N3O4. The van der Waals surface area contributed by atoms with Crippen LogP contribution in [0.2, 0.25) is 0 Å². The van der Waals surface area contributed by atoms with Crippen molar-refractivity contribution >= 4 is 23.5 Å². The molecule has 3 rings (SSSR count). The molecule has 1 fully saturated rings. The van der Waals surface area contributed by atoms with Crippen molar-refractivity contribution in [3.63, 3.8) is 0 Å². The first-order chi connectivity index (χ1) is 15.2. The van der Waals surface area contributed by atoms with Crippen LogP contribution in [0.25, 0.3) is 0 Å². The van der Waals surface area contributed by atoms with Gasteiger partial charge in [0.25, 0.3) is 11.8 Å². The van der Waals surface area contributed by atoms with E-state index in [0.717, 1.165) is 12.1 Å². The number of hydrogen-bond acceptors (Lipinski definition) is 5. The fourth-order valence-corrected chi connectivity index (χ4v) is 3.22. The van der Waals surface area contributed by atoms with E-state index in [1.807, 2.05) is 0 Å². The normalized spacial score (nSPS) is 14.1. The number of carbonyl (C=O) groups is 3. The quantitative estimate of drug-likeness (QED) is 0.685. The third-order valence-corrected chi connectivity index (χ3v) is 4.96. The third kappa shape index (κ3) is 6.22. The highest BCUT2D eigenvalue weighted by Gasteiger charge is 2.31. The van der Waals surface area contributed by atoms with Gasteiger partial charge in [-0.2, -0.15) is 13.2 Å². The minimum atomic E-state index is -4.42. The van der Waals surface area contributed by atoms with Crippen molar-refractivity contribution in [1.29, 1.82) is 0 Å². The van der Waals surface area contributed by atoms with Gasteiger partial charge in [-0.1, -0.05) is 24.3 Å². The maximum Gasteiger partial charge on any atom is 0.416 e. The Labute approximate surface area is 182 Å². The number of nitrogens with zero attached hydrogens (tertiary/aromatic N) is 2. The first kappa shape index (κ1) is 23.1. The van der Waals surface area contributed by atoms with Crippen LogP contribution < -0.4 is 10.2 Å². The van der Waals surface area contributed by atoms with E-state index in [1.54, 1.807) is 41.3 Å². The van der Waals surface area contributed by atoms with Gasteiger partial charge in [-0.25, -0.2) is 0 Å².